The van der Waals surface area contributed by atoms with Crippen LogP contribution in [0, 0.1) is 0 Å². The maximum atomic E-state index is 6.73. The van der Waals surface area contributed by atoms with Crippen LogP contribution in [0.1, 0.15) is 0 Å². The summed E-state index contributed by atoms with van der Waals surface area (Å²) in [7, 11) is 40.3. The third-order valence-corrected chi connectivity index (χ3v) is 16.9. The van der Waals surface area contributed by atoms with Crippen LogP contribution < -0.4 is 92.9 Å². The zero-order valence-corrected chi connectivity index (χ0v) is 40.1. The fraction of sp³-hybridized carbons (Fsp3) is 0. The second kappa shape index (κ2) is 14.1. The molecule has 10 rings (SSSR count). The first kappa shape index (κ1) is 41.2. The van der Waals surface area contributed by atoms with Gasteiger partial charge in [-0.15, -0.1) is 43.7 Å². The Labute approximate surface area is 381 Å². The van der Waals surface area contributed by atoms with E-state index in [2.05, 4.69) is 188 Å². The second-order valence-electron chi connectivity index (χ2n) is 19.2. The van der Waals surface area contributed by atoms with E-state index in [1.807, 2.05) is 0 Å². The lowest BCUT2D eigenvalue weighted by molar-refractivity contribution is 0.672. The van der Waals surface area contributed by atoms with Gasteiger partial charge in [-0.2, -0.15) is 0 Å². The Morgan fingerprint density at radius 2 is 0.677 bits per heavy atom. The summed E-state index contributed by atoms with van der Waals surface area (Å²) < 4.78 is 6.73. The molecule has 10 aromatic rings. The van der Waals surface area contributed by atoms with Crippen LogP contribution in [0.4, 0.5) is 0 Å². The summed E-state index contributed by atoms with van der Waals surface area (Å²) in [5.41, 5.74) is 30.8. The van der Waals surface area contributed by atoms with E-state index in [0.29, 0.717) is 0 Å². The minimum Gasteiger partial charge on any atom is -0.455 e. The molecule has 18 heteroatoms. The van der Waals surface area contributed by atoms with Crippen LogP contribution >= 0.6 is 0 Å². The summed E-state index contributed by atoms with van der Waals surface area (Å²) in [5.74, 6) is 0. The summed E-state index contributed by atoms with van der Waals surface area (Å²) in [6.07, 6.45) is 0. The topological polar surface area (TPSA) is 13.1 Å². The molecule has 9 aromatic carbocycles. The van der Waals surface area contributed by atoms with Gasteiger partial charge >= 0.3 is 0 Å². The molecule has 62 heavy (non-hydrogen) atoms. The molecule has 0 saturated heterocycles. The predicted octanol–water partition coefficient (Wildman–Crippen LogP) is -16.9. The molecule has 0 bridgehead atoms. The van der Waals surface area contributed by atoms with Gasteiger partial charge in [-0.1, -0.05) is 85.6 Å². The molecule has 1 nitrogen and oxygen atoms in total. The van der Waals surface area contributed by atoms with Gasteiger partial charge in [0.05, 0.1) is 0 Å². The largest absolute Gasteiger partial charge is 0.455 e. The fourth-order valence-electron chi connectivity index (χ4n) is 12.0. The normalized spacial score (nSPS) is 12.0. The van der Waals surface area contributed by atoms with Crippen LogP contribution in [-0.4, -0.2) is 133 Å². The van der Waals surface area contributed by atoms with Crippen molar-refractivity contribution in [3.05, 3.63) is 54.6 Å². The first-order valence-electron chi connectivity index (χ1n) is 22.6. The highest BCUT2D eigenvalue weighted by molar-refractivity contribution is 6.76. The Bertz CT molecular complexity index is 3700. The molecule has 0 N–H and O–H groups in total. The number of hydrogen-bond donors (Lipinski definition) is 0. The predicted molar refractivity (Wildman–Crippen MR) is 331 cm³/mol. The van der Waals surface area contributed by atoms with E-state index in [1.54, 1.807) is 0 Å². The summed E-state index contributed by atoms with van der Waals surface area (Å²) in [6.45, 7) is 0. The molecule has 1 aromatic heterocycles. The summed E-state index contributed by atoms with van der Waals surface area (Å²) >= 11 is 0. The molecule has 0 saturated carbocycles. The lowest BCUT2D eigenvalue weighted by Gasteiger charge is -2.31. The average Bonchev–Trinajstić information content (AvgIpc) is 3.65. The van der Waals surface area contributed by atoms with Crippen molar-refractivity contribution in [2.24, 2.45) is 0 Å². The van der Waals surface area contributed by atoms with E-state index in [0.717, 1.165) is 27.3 Å². The zero-order chi connectivity index (χ0) is 44.3. The summed E-state index contributed by atoms with van der Waals surface area (Å²) in [4.78, 5) is 0. The van der Waals surface area contributed by atoms with Gasteiger partial charge in [-0.3, -0.25) is 0 Å². The van der Waals surface area contributed by atoms with E-state index in [9.17, 15) is 0 Å². The van der Waals surface area contributed by atoms with Gasteiger partial charge in [0, 0.05) is 16.2 Å². The number of benzene rings is 9. The Hall–Kier alpha value is -4.82. The maximum Gasteiger partial charge on any atom is 0.143 e. The third-order valence-electron chi connectivity index (χ3n) is 16.9. The molecule has 0 radical (unpaired) electrons. The smallest absolute Gasteiger partial charge is 0.143 e. The lowest BCUT2D eigenvalue weighted by Crippen LogP contribution is -2.52. The van der Waals surface area contributed by atoms with Crippen molar-refractivity contribution < 1.29 is 4.42 Å². The molecule has 0 amide bonds. The summed E-state index contributed by atoms with van der Waals surface area (Å²) in [6, 6.07) is 20.1. The molecule has 0 spiro atoms. The van der Waals surface area contributed by atoms with Gasteiger partial charge in [-0.25, -0.2) is 0 Å². The fourth-order valence-corrected chi connectivity index (χ4v) is 12.0. The Balaban J connectivity index is 1.52. The molecule has 0 unspecified atom stereocenters. The quantitative estimate of drug-likeness (QED) is 0.0969. The van der Waals surface area contributed by atoms with Gasteiger partial charge in [0.25, 0.3) is 0 Å². The number of hydrogen-bond acceptors (Lipinski definition) is 1. The van der Waals surface area contributed by atoms with Crippen LogP contribution in [0.15, 0.2) is 59.0 Å². The van der Waals surface area contributed by atoms with Crippen molar-refractivity contribution in [2.45, 2.75) is 0 Å². The highest BCUT2D eigenvalue weighted by Crippen LogP contribution is 2.44. The molecular formula is C44H43B17O. The van der Waals surface area contributed by atoms with Crippen molar-refractivity contribution in [2.75, 3.05) is 0 Å². The monoisotopic (exact) mass is 774 g/mol. The zero-order valence-electron chi connectivity index (χ0n) is 40.1. The lowest BCUT2D eigenvalue weighted by atomic mass is 9.56. The second-order valence-corrected chi connectivity index (χ2v) is 19.2. The van der Waals surface area contributed by atoms with E-state index in [1.165, 1.54) is 164 Å². The van der Waals surface area contributed by atoms with Crippen LogP contribution in [0.25, 0.3) is 98.1 Å². The van der Waals surface area contributed by atoms with Gasteiger partial charge in [0.1, 0.15) is 145 Å². The number of fused-ring (bicyclic) bond motifs is 10. The minimum absolute atomic E-state index is 0.927. The first-order valence-corrected chi connectivity index (χ1v) is 22.6. The molecule has 0 aliphatic carbocycles. The molecule has 1 heterocycles. The van der Waals surface area contributed by atoms with E-state index < -0.39 is 0 Å². The molecule has 276 valence electrons. The molecule has 0 aliphatic heterocycles. The SMILES string of the molecule is Bc1c(B)c(B)c2c(-c3c(B)c4c(B)c(B)c(B)c(B)c4c4c(B)c(B)c(B)c(B)c34)c3c(B)c(B)c(B)c(B)c3c(-c3ccc4oc5c6ccccc6ccc5c4c3)c2c1B. The van der Waals surface area contributed by atoms with Crippen LogP contribution in [-0.2, 0) is 0 Å². The highest BCUT2D eigenvalue weighted by Gasteiger charge is 2.30. The van der Waals surface area contributed by atoms with Crippen molar-refractivity contribution in [1.82, 2.24) is 0 Å². The van der Waals surface area contributed by atoms with Gasteiger partial charge < -0.3 is 4.42 Å². The maximum absolute atomic E-state index is 6.73. The summed E-state index contributed by atoms with van der Waals surface area (Å²) in [5, 5.41) is 15.9. The third kappa shape index (κ3) is 5.22. The van der Waals surface area contributed by atoms with Crippen molar-refractivity contribution in [1.29, 1.82) is 0 Å². The number of rotatable bonds is 2. The van der Waals surface area contributed by atoms with Gasteiger partial charge in [0.15, 0.2) is 0 Å². The standard InChI is InChI=1S/C44H43B17O/c45-27-20(23-24(33(51)41(59)40(58)32(23)50)25-26(27)35(53)43(61)42(60)34(25)52)17-21-18(28(46)36(54)38(56)30(21)48)16(19-22(17)31(49)39(57)37(55)29(19)47)11-6-8-15-14(9-11)13-7-5-10-3-1-2-4-12(10)44(13)62-15/h1-9H,45-61H2. The number of furan rings is 1. The Morgan fingerprint density at radius 1 is 0.274 bits per heavy atom. The van der Waals surface area contributed by atoms with Gasteiger partial charge in [-0.05, 0) is 88.9 Å². The van der Waals surface area contributed by atoms with Gasteiger partial charge in [0.2, 0.25) is 0 Å². The van der Waals surface area contributed by atoms with E-state index in [4.69, 9.17) is 4.42 Å². The highest BCUT2D eigenvalue weighted by atomic mass is 16.3. The van der Waals surface area contributed by atoms with Crippen molar-refractivity contribution >= 4 is 302 Å². The average molecular weight is 772 g/mol. The molecular weight excluding hydrogens is 728 g/mol. The van der Waals surface area contributed by atoms with Crippen LogP contribution in [0.2, 0.25) is 0 Å². The van der Waals surface area contributed by atoms with E-state index in [-0.39, 0.29) is 0 Å². The van der Waals surface area contributed by atoms with Crippen molar-refractivity contribution in [3.63, 3.8) is 0 Å². The van der Waals surface area contributed by atoms with Crippen LogP contribution in [0.3, 0.4) is 0 Å². The van der Waals surface area contributed by atoms with Crippen molar-refractivity contribution in [3.8, 4) is 22.3 Å². The Kier molecular flexibility index (Phi) is 9.37. The Morgan fingerprint density at radius 3 is 1.18 bits per heavy atom. The first-order chi connectivity index (χ1) is 29.4. The van der Waals surface area contributed by atoms with E-state index >= 15 is 0 Å². The van der Waals surface area contributed by atoms with Crippen LogP contribution in [0.5, 0.6) is 0 Å². The minimum atomic E-state index is 0.927. The molecule has 0 fully saturated rings. The molecule has 0 aliphatic rings. The molecule has 0 atom stereocenters.